The number of pyridine rings is 2. The molecule has 0 aliphatic rings. The molecule has 8 heteroatoms. The molecule has 0 spiro atoms. The molecule has 0 fully saturated rings. The minimum atomic E-state index is -0.282. The number of nitrogen functional groups attached to an aromatic ring is 1. The van der Waals surface area contributed by atoms with Gasteiger partial charge in [-0.15, -0.1) is 0 Å². The molecule has 0 radical (unpaired) electrons. The zero-order valence-electron chi connectivity index (χ0n) is 21.8. The van der Waals surface area contributed by atoms with Crippen molar-refractivity contribution in [3.63, 3.8) is 0 Å². The van der Waals surface area contributed by atoms with Crippen molar-refractivity contribution < 1.29 is 9.59 Å². The normalized spacial score (nSPS) is 10.9. The van der Waals surface area contributed by atoms with Crippen molar-refractivity contribution in [2.24, 2.45) is 0 Å². The van der Waals surface area contributed by atoms with E-state index in [1.807, 2.05) is 49.4 Å². The van der Waals surface area contributed by atoms with Crippen molar-refractivity contribution in [3.8, 4) is 11.3 Å². The summed E-state index contributed by atoms with van der Waals surface area (Å²) in [5, 5.41) is 5.95. The first-order chi connectivity index (χ1) is 18.4. The summed E-state index contributed by atoms with van der Waals surface area (Å²) in [5.74, 6) is -0.0330. The molecule has 4 N–H and O–H groups in total. The van der Waals surface area contributed by atoms with E-state index in [1.165, 1.54) is 12.6 Å². The third kappa shape index (κ3) is 6.08. The molecule has 2 heterocycles. The maximum atomic E-state index is 13.1. The van der Waals surface area contributed by atoms with E-state index in [2.05, 4.69) is 22.8 Å². The van der Waals surface area contributed by atoms with Crippen LogP contribution in [0.3, 0.4) is 0 Å². The van der Waals surface area contributed by atoms with Gasteiger partial charge in [-0.3, -0.25) is 14.4 Å². The van der Waals surface area contributed by atoms with E-state index in [9.17, 15) is 14.4 Å². The lowest BCUT2D eigenvalue weighted by Gasteiger charge is -2.16. The standard InChI is InChI=1S/C30H33N5O3/c1-3-35-29(31)24(19-26(36)32-2)28(38)23-15-16-25(34-30(23)35)22-13-11-21(12-14-22)18-27(37)33-17-7-10-20-8-5-4-6-9-20/h4-6,8-9,11-16H,3,7,10,17-19,31H2,1-2H3,(H,32,36)(H,33,37). The molecule has 4 aromatic rings. The van der Waals surface area contributed by atoms with Crippen molar-refractivity contribution in [2.75, 3.05) is 19.3 Å². The molecule has 8 nitrogen and oxygen atoms in total. The number of fused-ring (bicyclic) bond motifs is 1. The highest BCUT2D eigenvalue weighted by atomic mass is 16.2. The number of nitrogens with one attached hydrogen (secondary N) is 2. The molecule has 0 aliphatic carbocycles. The van der Waals surface area contributed by atoms with Crippen LogP contribution in [0.4, 0.5) is 5.82 Å². The van der Waals surface area contributed by atoms with Gasteiger partial charge < -0.3 is 20.9 Å². The lowest BCUT2D eigenvalue weighted by atomic mass is 10.0. The summed E-state index contributed by atoms with van der Waals surface area (Å²) in [4.78, 5) is 42.1. The minimum Gasteiger partial charge on any atom is -0.385 e. The number of carbonyl (C=O) groups excluding carboxylic acids is 2. The average Bonchev–Trinajstić information content (AvgIpc) is 2.94. The van der Waals surface area contributed by atoms with Crippen LogP contribution in [0.2, 0.25) is 0 Å². The van der Waals surface area contributed by atoms with Gasteiger partial charge in [-0.25, -0.2) is 4.98 Å². The summed E-state index contributed by atoms with van der Waals surface area (Å²) >= 11 is 0. The fraction of sp³-hybridized carbons (Fsp3) is 0.267. The third-order valence-corrected chi connectivity index (χ3v) is 6.60. The van der Waals surface area contributed by atoms with Gasteiger partial charge >= 0.3 is 0 Å². The molecular weight excluding hydrogens is 478 g/mol. The smallest absolute Gasteiger partial charge is 0.224 e. The van der Waals surface area contributed by atoms with Gasteiger partial charge in [0.05, 0.1) is 23.9 Å². The monoisotopic (exact) mass is 511 g/mol. The van der Waals surface area contributed by atoms with Gasteiger partial charge in [0.2, 0.25) is 11.8 Å². The van der Waals surface area contributed by atoms with Crippen molar-refractivity contribution in [2.45, 2.75) is 39.2 Å². The first kappa shape index (κ1) is 26.6. The maximum Gasteiger partial charge on any atom is 0.224 e. The second kappa shape index (κ2) is 12.2. The first-order valence-corrected chi connectivity index (χ1v) is 12.8. The second-order valence-electron chi connectivity index (χ2n) is 9.17. The third-order valence-electron chi connectivity index (χ3n) is 6.60. The summed E-state index contributed by atoms with van der Waals surface area (Å²) < 4.78 is 1.76. The fourth-order valence-corrected chi connectivity index (χ4v) is 4.49. The Morgan fingerprint density at radius 2 is 1.66 bits per heavy atom. The molecule has 0 bridgehead atoms. The number of nitrogens with zero attached hydrogens (tertiary/aromatic N) is 2. The second-order valence-corrected chi connectivity index (χ2v) is 9.17. The number of hydrogen-bond donors (Lipinski definition) is 3. The van der Waals surface area contributed by atoms with Gasteiger partial charge in [0.1, 0.15) is 11.5 Å². The molecule has 0 atom stereocenters. The molecule has 196 valence electrons. The summed E-state index contributed by atoms with van der Waals surface area (Å²) in [6, 6.07) is 21.4. The van der Waals surface area contributed by atoms with Crippen molar-refractivity contribution in [3.05, 3.63) is 93.6 Å². The number of likely N-dealkylation sites (N-methyl/N-ethyl adjacent to an activating group) is 1. The number of amides is 2. The van der Waals surface area contributed by atoms with Crippen LogP contribution in [-0.4, -0.2) is 35.0 Å². The largest absolute Gasteiger partial charge is 0.385 e. The zero-order chi connectivity index (χ0) is 27.1. The fourth-order valence-electron chi connectivity index (χ4n) is 4.49. The summed E-state index contributed by atoms with van der Waals surface area (Å²) in [6.07, 6.45) is 2.04. The van der Waals surface area contributed by atoms with E-state index in [0.29, 0.717) is 36.2 Å². The van der Waals surface area contributed by atoms with Crippen LogP contribution in [0.5, 0.6) is 0 Å². The van der Waals surface area contributed by atoms with Crippen molar-refractivity contribution in [1.82, 2.24) is 20.2 Å². The molecule has 0 saturated heterocycles. The Labute approximate surface area is 221 Å². The van der Waals surface area contributed by atoms with Gasteiger partial charge in [0, 0.05) is 31.3 Å². The first-order valence-electron chi connectivity index (χ1n) is 12.8. The van der Waals surface area contributed by atoms with Crippen molar-refractivity contribution in [1.29, 1.82) is 0 Å². The number of aromatic nitrogens is 2. The lowest BCUT2D eigenvalue weighted by molar-refractivity contribution is -0.121. The predicted octanol–water partition coefficient (Wildman–Crippen LogP) is 3.25. The van der Waals surface area contributed by atoms with Crippen LogP contribution >= 0.6 is 0 Å². The number of rotatable bonds is 10. The highest BCUT2D eigenvalue weighted by Gasteiger charge is 2.18. The molecule has 0 aliphatic heterocycles. The van der Waals surface area contributed by atoms with Gasteiger partial charge in [0.25, 0.3) is 0 Å². The minimum absolute atomic E-state index is 0.00959. The number of benzene rings is 2. The molecule has 0 unspecified atom stereocenters. The van der Waals surface area contributed by atoms with Crippen LogP contribution in [0, 0.1) is 0 Å². The lowest BCUT2D eigenvalue weighted by Crippen LogP contribution is -2.27. The molecule has 0 saturated carbocycles. The SMILES string of the molecule is CCn1c(N)c(CC(=O)NC)c(=O)c2ccc(-c3ccc(CC(=O)NCCCc4ccccc4)cc3)nc21. The Hall–Kier alpha value is -4.46. The Bertz CT molecular complexity index is 1490. The van der Waals surface area contributed by atoms with Gasteiger partial charge in [-0.1, -0.05) is 54.6 Å². The summed E-state index contributed by atoms with van der Waals surface area (Å²) in [5.41, 5.74) is 10.5. The maximum absolute atomic E-state index is 13.1. The highest BCUT2D eigenvalue weighted by Crippen LogP contribution is 2.23. The van der Waals surface area contributed by atoms with E-state index in [0.717, 1.165) is 24.0 Å². The van der Waals surface area contributed by atoms with Crippen molar-refractivity contribution >= 4 is 28.7 Å². The number of aryl methyl sites for hydroxylation is 2. The van der Waals surface area contributed by atoms with Crippen LogP contribution in [-0.2, 0) is 35.4 Å². The number of anilines is 1. The summed E-state index contributed by atoms with van der Waals surface area (Å²) in [6.45, 7) is 3.05. The van der Waals surface area contributed by atoms with E-state index in [1.54, 1.807) is 16.7 Å². The zero-order valence-corrected chi connectivity index (χ0v) is 21.8. The van der Waals surface area contributed by atoms with Crippen LogP contribution in [0.1, 0.15) is 30.0 Å². The van der Waals surface area contributed by atoms with Gasteiger partial charge in [-0.2, -0.15) is 0 Å². The number of nitrogens with two attached hydrogens (primary N) is 1. The predicted molar refractivity (Wildman–Crippen MR) is 151 cm³/mol. The Morgan fingerprint density at radius 3 is 2.34 bits per heavy atom. The molecule has 2 aromatic carbocycles. The molecule has 38 heavy (non-hydrogen) atoms. The molecule has 2 aromatic heterocycles. The van der Waals surface area contributed by atoms with Gasteiger partial charge in [-0.05, 0) is 43.0 Å². The number of hydrogen-bond acceptors (Lipinski definition) is 5. The topological polar surface area (TPSA) is 119 Å². The van der Waals surface area contributed by atoms with Crippen LogP contribution in [0.25, 0.3) is 22.3 Å². The highest BCUT2D eigenvalue weighted by molar-refractivity contribution is 5.85. The van der Waals surface area contributed by atoms with Crippen LogP contribution in [0.15, 0.2) is 71.5 Å². The summed E-state index contributed by atoms with van der Waals surface area (Å²) in [7, 11) is 1.52. The number of carbonyl (C=O) groups is 2. The van der Waals surface area contributed by atoms with Crippen LogP contribution < -0.4 is 21.8 Å². The van der Waals surface area contributed by atoms with E-state index in [-0.39, 0.29) is 35.0 Å². The average molecular weight is 512 g/mol. The van der Waals surface area contributed by atoms with E-state index in [4.69, 9.17) is 10.7 Å². The quantitative estimate of drug-likeness (QED) is 0.283. The Balaban J connectivity index is 1.45. The Morgan fingerprint density at radius 1 is 0.921 bits per heavy atom. The molecule has 2 amide bonds. The van der Waals surface area contributed by atoms with Gasteiger partial charge in [0.15, 0.2) is 5.43 Å². The van der Waals surface area contributed by atoms with E-state index < -0.39 is 0 Å². The molecular formula is C30H33N5O3. The Kier molecular flexibility index (Phi) is 8.53. The van der Waals surface area contributed by atoms with E-state index >= 15 is 0 Å². The molecule has 4 rings (SSSR count).